The molecule has 0 spiro atoms. The topological polar surface area (TPSA) is 43.8 Å². The SMILES string of the molecule is Cc1cnn(C(C(C)C)C(N)c2ccccc2)c1. The molecule has 2 unspecified atom stereocenters. The molecule has 0 aliphatic heterocycles. The molecule has 0 aliphatic carbocycles. The summed E-state index contributed by atoms with van der Waals surface area (Å²) < 4.78 is 2.00. The Morgan fingerprint density at radius 1 is 1.17 bits per heavy atom. The highest BCUT2D eigenvalue weighted by Gasteiger charge is 2.24. The van der Waals surface area contributed by atoms with Crippen LogP contribution < -0.4 is 5.73 Å². The van der Waals surface area contributed by atoms with Crippen molar-refractivity contribution in [1.82, 2.24) is 9.78 Å². The molecule has 2 atom stereocenters. The number of aryl methyl sites for hydroxylation is 1. The van der Waals surface area contributed by atoms with Crippen LogP contribution in [0.2, 0.25) is 0 Å². The van der Waals surface area contributed by atoms with Crippen molar-refractivity contribution in [3.05, 3.63) is 53.9 Å². The third kappa shape index (κ3) is 2.62. The number of nitrogens with zero attached hydrogens (tertiary/aromatic N) is 2. The van der Waals surface area contributed by atoms with E-state index in [4.69, 9.17) is 5.73 Å². The van der Waals surface area contributed by atoms with E-state index in [0.717, 1.165) is 5.56 Å². The summed E-state index contributed by atoms with van der Waals surface area (Å²) in [5.74, 6) is 0.430. The van der Waals surface area contributed by atoms with Crippen LogP contribution in [0, 0.1) is 12.8 Å². The summed E-state index contributed by atoms with van der Waals surface area (Å²) in [4.78, 5) is 0. The molecular formula is C15H21N3. The van der Waals surface area contributed by atoms with E-state index in [0.29, 0.717) is 5.92 Å². The van der Waals surface area contributed by atoms with Crippen LogP contribution in [-0.2, 0) is 0 Å². The molecule has 3 nitrogen and oxygen atoms in total. The Bertz CT molecular complexity index is 487. The summed E-state index contributed by atoms with van der Waals surface area (Å²) in [6, 6.07) is 10.4. The average Bonchev–Trinajstić information content (AvgIpc) is 2.76. The van der Waals surface area contributed by atoms with Gasteiger partial charge in [-0.2, -0.15) is 5.10 Å². The first-order chi connectivity index (χ1) is 8.59. The Morgan fingerprint density at radius 2 is 1.83 bits per heavy atom. The van der Waals surface area contributed by atoms with Crippen molar-refractivity contribution in [2.75, 3.05) is 0 Å². The van der Waals surface area contributed by atoms with Crippen molar-refractivity contribution >= 4 is 0 Å². The third-order valence-electron chi connectivity index (χ3n) is 3.27. The standard InChI is InChI=1S/C15H21N3/c1-11(2)15(18-10-12(3)9-17-18)14(16)13-7-5-4-6-8-13/h4-11,14-15H,16H2,1-3H3. The molecule has 2 aromatic rings. The number of hydrogen-bond donors (Lipinski definition) is 1. The lowest BCUT2D eigenvalue weighted by atomic mass is 9.92. The van der Waals surface area contributed by atoms with Crippen molar-refractivity contribution in [2.45, 2.75) is 32.9 Å². The predicted octanol–water partition coefficient (Wildman–Crippen LogP) is 3.09. The molecule has 1 heterocycles. The summed E-state index contributed by atoms with van der Waals surface area (Å²) in [5.41, 5.74) is 8.74. The van der Waals surface area contributed by atoms with Crippen molar-refractivity contribution in [2.24, 2.45) is 11.7 Å². The summed E-state index contributed by atoms with van der Waals surface area (Å²) in [6.07, 6.45) is 3.94. The molecular weight excluding hydrogens is 222 g/mol. The van der Waals surface area contributed by atoms with Crippen molar-refractivity contribution in [1.29, 1.82) is 0 Å². The minimum atomic E-state index is -0.0366. The fraction of sp³-hybridized carbons (Fsp3) is 0.400. The molecule has 0 bridgehead atoms. The summed E-state index contributed by atoms with van der Waals surface area (Å²) >= 11 is 0. The van der Waals surface area contributed by atoms with Gasteiger partial charge in [-0.05, 0) is 24.0 Å². The molecule has 2 rings (SSSR count). The maximum absolute atomic E-state index is 6.42. The molecule has 2 N–H and O–H groups in total. The highest BCUT2D eigenvalue weighted by molar-refractivity contribution is 5.20. The Kier molecular flexibility index (Phi) is 3.82. The second-order valence-electron chi connectivity index (χ2n) is 5.17. The second kappa shape index (κ2) is 5.36. The van der Waals surface area contributed by atoms with E-state index in [2.05, 4.69) is 44.2 Å². The van der Waals surface area contributed by atoms with Crippen LogP contribution in [0.25, 0.3) is 0 Å². The Morgan fingerprint density at radius 3 is 2.33 bits per heavy atom. The molecule has 0 aliphatic rings. The van der Waals surface area contributed by atoms with Gasteiger partial charge in [0, 0.05) is 6.20 Å². The zero-order chi connectivity index (χ0) is 13.1. The van der Waals surface area contributed by atoms with Crippen LogP contribution in [0.5, 0.6) is 0 Å². The van der Waals surface area contributed by atoms with Crippen LogP contribution in [0.1, 0.15) is 37.1 Å². The van der Waals surface area contributed by atoms with Gasteiger partial charge < -0.3 is 5.73 Å². The van der Waals surface area contributed by atoms with Crippen LogP contribution in [0.3, 0.4) is 0 Å². The Hall–Kier alpha value is -1.61. The third-order valence-corrected chi connectivity index (χ3v) is 3.27. The first-order valence-electron chi connectivity index (χ1n) is 6.41. The van der Waals surface area contributed by atoms with E-state index in [1.807, 2.05) is 29.1 Å². The lowest BCUT2D eigenvalue weighted by Gasteiger charge is -2.28. The van der Waals surface area contributed by atoms with Crippen molar-refractivity contribution in [3.8, 4) is 0 Å². The fourth-order valence-electron chi connectivity index (χ4n) is 2.35. The number of aromatic nitrogens is 2. The van der Waals surface area contributed by atoms with E-state index >= 15 is 0 Å². The van der Waals surface area contributed by atoms with Gasteiger partial charge in [0.15, 0.2) is 0 Å². The van der Waals surface area contributed by atoms with Gasteiger partial charge in [-0.25, -0.2) is 0 Å². The van der Waals surface area contributed by atoms with Gasteiger partial charge in [-0.3, -0.25) is 4.68 Å². The molecule has 0 amide bonds. The summed E-state index contributed by atoms with van der Waals surface area (Å²) in [7, 11) is 0. The largest absolute Gasteiger partial charge is 0.322 e. The zero-order valence-corrected chi connectivity index (χ0v) is 11.2. The molecule has 1 aromatic heterocycles. The second-order valence-corrected chi connectivity index (χ2v) is 5.17. The lowest BCUT2D eigenvalue weighted by Crippen LogP contribution is -2.29. The fourth-order valence-corrected chi connectivity index (χ4v) is 2.35. The highest BCUT2D eigenvalue weighted by atomic mass is 15.3. The van der Waals surface area contributed by atoms with E-state index in [1.165, 1.54) is 5.56 Å². The molecule has 18 heavy (non-hydrogen) atoms. The minimum absolute atomic E-state index is 0.0366. The van der Waals surface area contributed by atoms with E-state index in [9.17, 15) is 0 Å². The molecule has 0 fully saturated rings. The maximum Gasteiger partial charge on any atom is 0.0734 e. The molecule has 1 aromatic carbocycles. The van der Waals surface area contributed by atoms with E-state index in [1.54, 1.807) is 0 Å². The first-order valence-corrected chi connectivity index (χ1v) is 6.41. The van der Waals surface area contributed by atoms with Crippen LogP contribution in [-0.4, -0.2) is 9.78 Å². The normalized spacial score (nSPS) is 14.7. The first kappa shape index (κ1) is 12.8. The van der Waals surface area contributed by atoms with Gasteiger partial charge in [0.25, 0.3) is 0 Å². The van der Waals surface area contributed by atoms with Gasteiger partial charge in [0.2, 0.25) is 0 Å². The molecule has 0 saturated carbocycles. The van der Waals surface area contributed by atoms with Crippen LogP contribution >= 0.6 is 0 Å². The van der Waals surface area contributed by atoms with Crippen LogP contribution in [0.4, 0.5) is 0 Å². The summed E-state index contributed by atoms with van der Waals surface area (Å²) in [5, 5.41) is 4.42. The number of hydrogen-bond acceptors (Lipinski definition) is 2. The smallest absolute Gasteiger partial charge is 0.0734 e. The highest BCUT2D eigenvalue weighted by Crippen LogP contribution is 2.30. The number of benzene rings is 1. The lowest BCUT2D eigenvalue weighted by molar-refractivity contribution is 0.294. The summed E-state index contributed by atoms with van der Waals surface area (Å²) in [6.45, 7) is 6.42. The van der Waals surface area contributed by atoms with Gasteiger partial charge in [-0.15, -0.1) is 0 Å². The maximum atomic E-state index is 6.42. The van der Waals surface area contributed by atoms with E-state index < -0.39 is 0 Å². The van der Waals surface area contributed by atoms with Gasteiger partial charge in [0.1, 0.15) is 0 Å². The van der Waals surface area contributed by atoms with Gasteiger partial charge in [0.05, 0.1) is 18.3 Å². The molecule has 0 saturated heterocycles. The average molecular weight is 243 g/mol. The zero-order valence-electron chi connectivity index (χ0n) is 11.2. The van der Waals surface area contributed by atoms with Crippen molar-refractivity contribution in [3.63, 3.8) is 0 Å². The number of rotatable bonds is 4. The predicted molar refractivity (Wildman–Crippen MR) is 74.2 cm³/mol. The molecule has 96 valence electrons. The van der Waals surface area contributed by atoms with Crippen LogP contribution in [0.15, 0.2) is 42.7 Å². The van der Waals surface area contributed by atoms with Gasteiger partial charge >= 0.3 is 0 Å². The Balaban J connectivity index is 2.31. The molecule has 0 radical (unpaired) electrons. The quantitative estimate of drug-likeness (QED) is 0.896. The molecule has 3 heteroatoms. The minimum Gasteiger partial charge on any atom is -0.322 e. The Labute approximate surface area is 109 Å². The monoisotopic (exact) mass is 243 g/mol. The number of nitrogens with two attached hydrogens (primary N) is 1. The van der Waals surface area contributed by atoms with Crippen molar-refractivity contribution < 1.29 is 0 Å². The van der Waals surface area contributed by atoms with Gasteiger partial charge in [-0.1, -0.05) is 44.2 Å². The van der Waals surface area contributed by atoms with E-state index in [-0.39, 0.29) is 12.1 Å².